The first-order valence-electron chi connectivity index (χ1n) is 24.5. The highest BCUT2D eigenvalue weighted by atomic mass is 32.2. The fourth-order valence-corrected chi connectivity index (χ4v) is 12.4. The van der Waals surface area contributed by atoms with Gasteiger partial charge in [0.15, 0.2) is 0 Å². The number of aromatic hydroxyl groups is 2. The zero-order valence-corrected chi connectivity index (χ0v) is 45.7. The number of ether oxygens (including phenoxy) is 6. The van der Waals surface area contributed by atoms with Gasteiger partial charge in [0.1, 0.15) is 59.2 Å². The summed E-state index contributed by atoms with van der Waals surface area (Å²) in [7, 11) is -15.2. The normalized spacial score (nSPS) is 12.2. The Morgan fingerprint density at radius 2 is 0.487 bits per heavy atom. The number of benzene rings is 8. The molecule has 0 fully saturated rings. The summed E-state index contributed by atoms with van der Waals surface area (Å²) in [6.07, 6.45) is 10.8. The zero-order chi connectivity index (χ0) is 56.6. The molecule has 0 saturated heterocycles. The van der Waals surface area contributed by atoms with E-state index in [-0.39, 0.29) is 63.9 Å². The van der Waals surface area contributed by atoms with E-state index in [4.69, 9.17) is 28.4 Å². The van der Waals surface area contributed by atoms with Crippen molar-refractivity contribution < 1.29 is 72.3 Å². The highest BCUT2D eigenvalue weighted by molar-refractivity contribution is 7.92. The average Bonchev–Trinajstić information content (AvgIpc) is 3.47. The molecule has 0 radical (unpaired) electrons. The molecule has 0 heterocycles. The highest BCUT2D eigenvalue weighted by Crippen LogP contribution is 2.29. The third-order valence-corrected chi connectivity index (χ3v) is 18.8. The molecule has 80 heavy (non-hydrogen) atoms. The van der Waals surface area contributed by atoms with Crippen molar-refractivity contribution in [1.29, 1.82) is 0 Å². The lowest BCUT2D eigenvalue weighted by Crippen LogP contribution is -2.03. The van der Waals surface area contributed by atoms with E-state index in [1.54, 1.807) is 97.1 Å². The fraction of sp³-hybridized carbons (Fsp3) is 0.100. The first-order valence-corrected chi connectivity index (χ1v) is 30.4. The number of hydrogen-bond acceptors (Lipinski definition) is 16. The van der Waals surface area contributed by atoms with Crippen molar-refractivity contribution >= 4 is 39.3 Å². The predicted octanol–water partition coefficient (Wildman–Crippen LogP) is 11.2. The zero-order valence-electron chi connectivity index (χ0n) is 42.4. The Morgan fingerprint density at radius 3 is 0.738 bits per heavy atom. The largest absolute Gasteiger partial charge is 0.508 e. The summed E-state index contributed by atoms with van der Waals surface area (Å²) in [4.78, 5) is 0.643. The van der Waals surface area contributed by atoms with Gasteiger partial charge in [-0.1, -0.05) is 0 Å². The van der Waals surface area contributed by atoms with Gasteiger partial charge in [-0.2, -0.15) is 0 Å². The van der Waals surface area contributed by atoms with Gasteiger partial charge in [0, 0.05) is 12.8 Å². The molecule has 0 atom stereocenters. The van der Waals surface area contributed by atoms with Crippen molar-refractivity contribution in [3.63, 3.8) is 0 Å². The van der Waals surface area contributed by atoms with E-state index in [2.05, 4.69) is 0 Å². The van der Waals surface area contributed by atoms with Crippen LogP contribution in [-0.4, -0.2) is 70.3 Å². The van der Waals surface area contributed by atoms with Crippen LogP contribution >= 0.6 is 0 Å². The molecule has 16 nitrogen and oxygen atoms in total. The summed E-state index contributed by atoms with van der Waals surface area (Å²) < 4.78 is 139. The SMILES string of the molecule is O=S(=O)(c1ccc(OC=CCCOc2ccc(S(=O)(=O)c3ccc(O)cc3)cc2)cc1)c1ccc(OC/C=C/COc2ccc(S(=O)(=O)c3ccc(OC=CCCOc4ccc(S(=O)(=O)c5ccc(O)cc5)cc4)cc3)cc2)cc1. The molecular weight excluding hydrogens is 1100 g/mol. The lowest BCUT2D eigenvalue weighted by atomic mass is 10.3. The summed E-state index contributed by atoms with van der Waals surface area (Å²) in [5, 5.41) is 18.9. The Bertz CT molecular complexity index is 3630. The number of sulfone groups is 4. The van der Waals surface area contributed by atoms with Crippen LogP contribution in [0.5, 0.6) is 46.0 Å². The molecule has 412 valence electrons. The van der Waals surface area contributed by atoms with Crippen LogP contribution in [-0.2, 0) is 39.3 Å². The van der Waals surface area contributed by atoms with Crippen molar-refractivity contribution in [3.8, 4) is 46.0 Å². The molecule has 8 aromatic carbocycles. The molecule has 0 aliphatic carbocycles. The van der Waals surface area contributed by atoms with Gasteiger partial charge in [0.2, 0.25) is 39.3 Å². The smallest absolute Gasteiger partial charge is 0.206 e. The molecule has 8 aromatic rings. The molecule has 20 heteroatoms. The van der Waals surface area contributed by atoms with Crippen LogP contribution in [0.15, 0.2) is 270 Å². The quantitative estimate of drug-likeness (QED) is 0.0291. The third kappa shape index (κ3) is 15.0. The average molecular weight is 1160 g/mol. The van der Waals surface area contributed by atoms with Gasteiger partial charge in [-0.15, -0.1) is 0 Å². The van der Waals surface area contributed by atoms with Crippen LogP contribution in [0, 0.1) is 0 Å². The van der Waals surface area contributed by atoms with E-state index in [0.717, 1.165) is 0 Å². The third-order valence-electron chi connectivity index (χ3n) is 11.7. The Morgan fingerprint density at radius 1 is 0.275 bits per heavy atom. The number of phenols is 2. The summed E-state index contributed by atoms with van der Waals surface area (Å²) in [5.41, 5.74) is 0. The minimum absolute atomic E-state index is 0.0285. The van der Waals surface area contributed by atoms with Crippen LogP contribution < -0.4 is 28.4 Å². The molecular formula is C60H52O16S4. The van der Waals surface area contributed by atoms with Crippen molar-refractivity contribution in [2.45, 2.75) is 52.0 Å². The van der Waals surface area contributed by atoms with Crippen molar-refractivity contribution in [1.82, 2.24) is 0 Å². The van der Waals surface area contributed by atoms with Gasteiger partial charge >= 0.3 is 0 Å². The van der Waals surface area contributed by atoms with Crippen LogP contribution in [0.4, 0.5) is 0 Å². The van der Waals surface area contributed by atoms with E-state index in [1.807, 2.05) is 0 Å². The molecule has 0 aromatic heterocycles. The topological polar surface area (TPSA) is 232 Å². The van der Waals surface area contributed by atoms with Crippen molar-refractivity contribution in [3.05, 3.63) is 231 Å². The molecule has 0 amide bonds. The van der Waals surface area contributed by atoms with Crippen LogP contribution in [0.3, 0.4) is 0 Å². The number of hydrogen-bond donors (Lipinski definition) is 2. The van der Waals surface area contributed by atoms with Gasteiger partial charge in [0.25, 0.3) is 0 Å². The van der Waals surface area contributed by atoms with Crippen molar-refractivity contribution in [2.75, 3.05) is 26.4 Å². The van der Waals surface area contributed by atoms with Crippen LogP contribution in [0.1, 0.15) is 12.8 Å². The minimum Gasteiger partial charge on any atom is -0.508 e. The van der Waals surface area contributed by atoms with E-state index in [0.29, 0.717) is 60.6 Å². The van der Waals surface area contributed by atoms with Crippen molar-refractivity contribution in [2.24, 2.45) is 0 Å². The molecule has 0 unspecified atom stereocenters. The van der Waals surface area contributed by atoms with Gasteiger partial charge in [-0.3, -0.25) is 0 Å². The van der Waals surface area contributed by atoms with Gasteiger partial charge in [-0.05, 0) is 218 Å². The standard InChI is InChI=1S/C60H52O16S4/c61-45-7-23-53(24-8-45)77(63,64)55-27-11-47(12-28-55)71-39-1-3-41-73-49-15-31-57(32-16-49)79(67,68)59-35-19-51(20-36-59)75-43-5-6-44-76-52-21-37-60(38-22-52)80(69,70)58-33-17-50(18-34-58)74-42-4-2-40-72-48-13-29-56(30-14-48)78(65,66)54-25-9-46(62)10-26-54/h3-38,41-42,61-62H,1-2,39-40,43-44H2/b6-5+,41-3?,42-4?. The summed E-state index contributed by atoms with van der Waals surface area (Å²) in [6.45, 7) is 0.935. The minimum atomic E-state index is -3.84. The van der Waals surface area contributed by atoms with E-state index in [9.17, 15) is 43.9 Å². The highest BCUT2D eigenvalue weighted by Gasteiger charge is 2.21. The lowest BCUT2D eigenvalue weighted by molar-refractivity contribution is 0.323. The second kappa shape index (κ2) is 26.2. The summed E-state index contributed by atoms with van der Waals surface area (Å²) >= 11 is 0. The molecule has 0 saturated carbocycles. The van der Waals surface area contributed by atoms with Gasteiger partial charge in [-0.25, -0.2) is 33.7 Å². The maximum absolute atomic E-state index is 13.3. The summed E-state index contributed by atoms with van der Waals surface area (Å²) in [5.74, 6) is 2.66. The van der Waals surface area contributed by atoms with Crippen LogP contribution in [0.2, 0.25) is 0 Å². The van der Waals surface area contributed by atoms with Gasteiger partial charge < -0.3 is 38.6 Å². The fourth-order valence-electron chi connectivity index (χ4n) is 7.35. The monoisotopic (exact) mass is 1160 g/mol. The Hall–Kier alpha value is -8.82. The molecule has 0 bridgehead atoms. The molecule has 8 rings (SSSR count). The molecule has 0 aliphatic heterocycles. The van der Waals surface area contributed by atoms with E-state index >= 15 is 0 Å². The Labute approximate surface area is 464 Å². The van der Waals surface area contributed by atoms with Gasteiger partial charge in [0.05, 0.1) is 64.9 Å². The second-order valence-electron chi connectivity index (χ2n) is 17.2. The second-order valence-corrected chi connectivity index (χ2v) is 25.0. The summed E-state index contributed by atoms with van der Waals surface area (Å²) in [6, 6.07) is 46.7. The van der Waals surface area contributed by atoms with E-state index in [1.165, 1.54) is 134 Å². The maximum Gasteiger partial charge on any atom is 0.206 e. The maximum atomic E-state index is 13.3. The molecule has 0 spiro atoms. The van der Waals surface area contributed by atoms with Crippen LogP contribution in [0.25, 0.3) is 0 Å². The Kier molecular flexibility index (Phi) is 18.8. The lowest BCUT2D eigenvalue weighted by Gasteiger charge is -2.08. The first kappa shape index (κ1) is 57.4. The molecule has 0 aliphatic rings. The predicted molar refractivity (Wildman–Crippen MR) is 297 cm³/mol. The number of phenolic OH excluding ortho intramolecular Hbond substituents is 2. The number of rotatable bonds is 26. The van der Waals surface area contributed by atoms with E-state index < -0.39 is 39.3 Å². The molecule has 2 N–H and O–H groups in total. The Balaban J connectivity index is 0.697. The first-order chi connectivity index (χ1) is 38.5.